The van der Waals surface area contributed by atoms with Gasteiger partial charge in [-0.25, -0.2) is 4.39 Å². The number of hydrogen-bond acceptors (Lipinski definition) is 4. The van der Waals surface area contributed by atoms with E-state index in [1.54, 1.807) is 19.1 Å². The normalized spacial score (nSPS) is 10.6. The molecule has 0 aliphatic rings. The van der Waals surface area contributed by atoms with E-state index in [1.165, 1.54) is 28.4 Å². The highest BCUT2D eigenvalue weighted by molar-refractivity contribution is 7.16. The molecule has 2 aromatic rings. The Hall–Kier alpha value is -2.74. The second-order valence-electron chi connectivity index (χ2n) is 6.53. The molecule has 0 fully saturated rings. The molecule has 150 valence electrons. The lowest BCUT2D eigenvalue weighted by Gasteiger charge is -2.22. The summed E-state index contributed by atoms with van der Waals surface area (Å²) in [5.74, 6) is -1.57. The molecule has 1 heterocycles. The summed E-state index contributed by atoms with van der Waals surface area (Å²) in [5, 5.41) is 3.09. The summed E-state index contributed by atoms with van der Waals surface area (Å²) in [6, 6.07) is 5.79. The van der Waals surface area contributed by atoms with Crippen LogP contribution in [0.3, 0.4) is 0 Å². The maximum absolute atomic E-state index is 13.1. The number of amides is 3. The van der Waals surface area contributed by atoms with E-state index in [9.17, 15) is 18.8 Å². The highest BCUT2D eigenvalue weighted by Gasteiger charge is 2.21. The predicted octanol–water partition coefficient (Wildman–Crippen LogP) is 3.37. The SMILES string of the molecule is CCCC(=O)N(CC(=O)Nc1sc(C)c(C)c1C(N)=O)Cc1ccc(F)cc1. The van der Waals surface area contributed by atoms with Crippen molar-refractivity contribution in [1.29, 1.82) is 0 Å². The minimum absolute atomic E-state index is 0.171. The number of benzene rings is 1. The van der Waals surface area contributed by atoms with Crippen LogP contribution < -0.4 is 11.1 Å². The zero-order chi connectivity index (χ0) is 20.8. The summed E-state index contributed by atoms with van der Waals surface area (Å²) in [7, 11) is 0. The van der Waals surface area contributed by atoms with Gasteiger partial charge in [-0.05, 0) is 43.5 Å². The number of anilines is 1. The standard InChI is InChI=1S/C20H24FN3O3S/c1-4-5-17(26)24(10-14-6-8-15(21)9-7-14)11-16(25)23-20-18(19(22)27)12(2)13(3)28-20/h6-9H,4-5,10-11H2,1-3H3,(H2,22,27)(H,23,25). The van der Waals surface area contributed by atoms with Crippen LogP contribution in [0.1, 0.15) is 46.1 Å². The molecule has 1 aromatic heterocycles. The Morgan fingerprint density at radius 3 is 2.39 bits per heavy atom. The van der Waals surface area contributed by atoms with E-state index in [4.69, 9.17) is 5.73 Å². The van der Waals surface area contributed by atoms with E-state index < -0.39 is 11.8 Å². The van der Waals surface area contributed by atoms with Gasteiger partial charge in [0.05, 0.1) is 5.56 Å². The van der Waals surface area contributed by atoms with Gasteiger partial charge in [-0.2, -0.15) is 0 Å². The first-order chi connectivity index (χ1) is 13.2. The number of nitrogens with zero attached hydrogens (tertiary/aromatic N) is 1. The van der Waals surface area contributed by atoms with Crippen molar-refractivity contribution >= 4 is 34.1 Å². The van der Waals surface area contributed by atoms with Crippen molar-refractivity contribution in [3.63, 3.8) is 0 Å². The minimum Gasteiger partial charge on any atom is -0.365 e. The van der Waals surface area contributed by atoms with Crippen LogP contribution in [0.25, 0.3) is 0 Å². The summed E-state index contributed by atoms with van der Waals surface area (Å²) in [4.78, 5) is 39.0. The molecule has 0 atom stereocenters. The van der Waals surface area contributed by atoms with Crippen LogP contribution in [0, 0.1) is 19.7 Å². The van der Waals surface area contributed by atoms with Gasteiger partial charge in [-0.1, -0.05) is 19.1 Å². The van der Waals surface area contributed by atoms with Crippen LogP contribution in [-0.2, 0) is 16.1 Å². The zero-order valence-corrected chi connectivity index (χ0v) is 17.0. The number of rotatable bonds is 8. The van der Waals surface area contributed by atoms with Gasteiger partial charge >= 0.3 is 0 Å². The second-order valence-corrected chi connectivity index (χ2v) is 7.75. The molecule has 3 amide bonds. The van der Waals surface area contributed by atoms with Gasteiger partial charge < -0.3 is 16.0 Å². The van der Waals surface area contributed by atoms with Crippen molar-refractivity contribution in [2.75, 3.05) is 11.9 Å². The van der Waals surface area contributed by atoms with Crippen LogP contribution >= 0.6 is 11.3 Å². The summed E-state index contributed by atoms with van der Waals surface area (Å²) in [6.07, 6.45) is 0.952. The number of carbonyl (C=O) groups excluding carboxylic acids is 3. The zero-order valence-electron chi connectivity index (χ0n) is 16.2. The Labute approximate surface area is 167 Å². The predicted molar refractivity (Wildman–Crippen MR) is 108 cm³/mol. The van der Waals surface area contributed by atoms with Crippen molar-refractivity contribution in [2.24, 2.45) is 5.73 Å². The van der Waals surface area contributed by atoms with Gasteiger partial charge in [0.15, 0.2) is 0 Å². The van der Waals surface area contributed by atoms with Crippen molar-refractivity contribution in [2.45, 2.75) is 40.2 Å². The molecule has 28 heavy (non-hydrogen) atoms. The number of carbonyl (C=O) groups is 3. The van der Waals surface area contributed by atoms with Gasteiger partial charge in [0.25, 0.3) is 5.91 Å². The molecule has 0 aliphatic carbocycles. The first kappa shape index (κ1) is 21.6. The van der Waals surface area contributed by atoms with E-state index in [0.29, 0.717) is 23.4 Å². The maximum Gasteiger partial charge on any atom is 0.251 e. The van der Waals surface area contributed by atoms with Gasteiger partial charge in [0.2, 0.25) is 11.8 Å². The van der Waals surface area contributed by atoms with Crippen molar-refractivity contribution < 1.29 is 18.8 Å². The van der Waals surface area contributed by atoms with E-state index in [-0.39, 0.29) is 24.8 Å². The average Bonchev–Trinajstić information content (AvgIpc) is 2.90. The lowest BCUT2D eigenvalue weighted by molar-refractivity contribution is -0.135. The minimum atomic E-state index is -0.609. The molecule has 6 nitrogen and oxygen atoms in total. The van der Waals surface area contributed by atoms with Crippen molar-refractivity contribution in [1.82, 2.24) is 4.90 Å². The van der Waals surface area contributed by atoms with E-state index >= 15 is 0 Å². The molecule has 0 spiro atoms. The molecule has 1 aromatic carbocycles. The Kier molecular flexibility index (Phi) is 7.28. The summed E-state index contributed by atoms with van der Waals surface area (Å²) in [6.45, 7) is 5.51. The van der Waals surface area contributed by atoms with Crippen LogP contribution in [0.4, 0.5) is 9.39 Å². The topological polar surface area (TPSA) is 92.5 Å². The fourth-order valence-corrected chi connectivity index (χ4v) is 3.85. The first-order valence-corrected chi connectivity index (χ1v) is 9.76. The molecule has 0 unspecified atom stereocenters. The quantitative estimate of drug-likeness (QED) is 0.705. The average molecular weight is 405 g/mol. The molecule has 8 heteroatoms. The first-order valence-electron chi connectivity index (χ1n) is 8.94. The molecular formula is C20H24FN3O3S. The Morgan fingerprint density at radius 1 is 1.18 bits per heavy atom. The number of hydrogen-bond donors (Lipinski definition) is 2. The van der Waals surface area contributed by atoms with Crippen LogP contribution in [0.15, 0.2) is 24.3 Å². The van der Waals surface area contributed by atoms with Crippen LogP contribution in [0.2, 0.25) is 0 Å². The number of aryl methyl sites for hydroxylation is 1. The third kappa shape index (κ3) is 5.39. The molecule has 0 bridgehead atoms. The van der Waals surface area contributed by atoms with E-state index in [1.807, 2.05) is 13.8 Å². The van der Waals surface area contributed by atoms with Crippen LogP contribution in [-0.4, -0.2) is 29.2 Å². The lowest BCUT2D eigenvalue weighted by Crippen LogP contribution is -2.37. The van der Waals surface area contributed by atoms with Gasteiger partial charge in [-0.15, -0.1) is 11.3 Å². The van der Waals surface area contributed by atoms with Gasteiger partial charge in [-0.3, -0.25) is 14.4 Å². The highest BCUT2D eigenvalue weighted by atomic mass is 32.1. The number of nitrogens with two attached hydrogens (primary N) is 1. The Bertz CT molecular complexity index is 878. The molecule has 2 rings (SSSR count). The molecule has 0 aliphatic heterocycles. The monoisotopic (exact) mass is 405 g/mol. The number of nitrogens with one attached hydrogen (secondary N) is 1. The maximum atomic E-state index is 13.1. The molecule has 3 N–H and O–H groups in total. The van der Waals surface area contributed by atoms with E-state index in [0.717, 1.165) is 16.0 Å². The summed E-state index contributed by atoms with van der Waals surface area (Å²) < 4.78 is 13.1. The third-order valence-electron chi connectivity index (χ3n) is 4.32. The van der Waals surface area contributed by atoms with Crippen LogP contribution in [0.5, 0.6) is 0 Å². The summed E-state index contributed by atoms with van der Waals surface area (Å²) in [5.41, 5.74) is 7.18. The fraction of sp³-hybridized carbons (Fsp3) is 0.350. The summed E-state index contributed by atoms with van der Waals surface area (Å²) >= 11 is 1.27. The number of thiophene rings is 1. The third-order valence-corrected chi connectivity index (χ3v) is 5.45. The molecular weight excluding hydrogens is 381 g/mol. The smallest absolute Gasteiger partial charge is 0.251 e. The van der Waals surface area contributed by atoms with Gasteiger partial charge in [0.1, 0.15) is 17.4 Å². The molecule has 0 saturated carbocycles. The largest absolute Gasteiger partial charge is 0.365 e. The number of primary amides is 1. The molecule has 0 saturated heterocycles. The van der Waals surface area contributed by atoms with E-state index in [2.05, 4.69) is 5.32 Å². The number of halogens is 1. The van der Waals surface area contributed by atoms with Gasteiger partial charge in [0, 0.05) is 17.8 Å². The van der Waals surface area contributed by atoms with Crippen molar-refractivity contribution in [3.05, 3.63) is 51.7 Å². The molecule has 0 radical (unpaired) electrons. The lowest BCUT2D eigenvalue weighted by atomic mass is 10.1. The van der Waals surface area contributed by atoms with Crippen molar-refractivity contribution in [3.8, 4) is 0 Å². The Balaban J connectivity index is 2.16. The fourth-order valence-electron chi connectivity index (χ4n) is 2.77. The second kappa shape index (κ2) is 9.45. The Morgan fingerprint density at radius 2 is 1.82 bits per heavy atom. The highest BCUT2D eigenvalue weighted by Crippen LogP contribution is 2.32.